The molecule has 6 heteroatoms. The summed E-state index contributed by atoms with van der Waals surface area (Å²) in [7, 11) is 0. The number of rotatable bonds is 5. The van der Waals surface area contributed by atoms with E-state index in [1.807, 2.05) is 103 Å². The van der Waals surface area contributed by atoms with Crippen molar-refractivity contribution in [2.75, 3.05) is 4.90 Å². The Hall–Kier alpha value is -4.29. The number of benzene rings is 4. The summed E-state index contributed by atoms with van der Waals surface area (Å²) in [6.07, 6.45) is 1.84. The molecule has 2 heterocycles. The molecule has 1 amide bonds. The average molecular weight is 447 g/mol. The van der Waals surface area contributed by atoms with Gasteiger partial charge in [0.25, 0.3) is 5.91 Å². The number of fused-ring (bicyclic) bond motifs is 2. The topological polar surface area (TPSA) is 71.2 Å². The van der Waals surface area contributed by atoms with Crippen molar-refractivity contribution < 1.29 is 9.90 Å². The van der Waals surface area contributed by atoms with Crippen LogP contribution in [0, 0.1) is 0 Å². The third-order valence-corrected chi connectivity index (χ3v) is 6.40. The van der Waals surface area contributed by atoms with Crippen LogP contribution in [0.15, 0.2) is 103 Å². The fourth-order valence-corrected chi connectivity index (χ4v) is 4.71. The monoisotopic (exact) mass is 446 g/mol. The van der Waals surface area contributed by atoms with E-state index >= 15 is 0 Å². The van der Waals surface area contributed by atoms with Crippen LogP contribution in [0.4, 0.5) is 5.69 Å². The van der Waals surface area contributed by atoms with Gasteiger partial charge in [-0.2, -0.15) is 0 Å². The molecule has 0 saturated carbocycles. The number of amides is 1. The average Bonchev–Trinajstić information content (AvgIpc) is 3.41. The highest BCUT2D eigenvalue weighted by atomic mass is 16.3. The second-order valence-corrected chi connectivity index (χ2v) is 8.57. The Morgan fingerprint density at radius 1 is 0.794 bits per heavy atom. The normalized spacial score (nSPS) is 17.3. The van der Waals surface area contributed by atoms with Gasteiger partial charge in [-0.25, -0.2) is 4.68 Å². The Morgan fingerprint density at radius 2 is 1.53 bits per heavy atom. The second kappa shape index (κ2) is 7.93. The lowest BCUT2D eigenvalue weighted by Crippen LogP contribution is -2.41. The molecular formula is C28H22N4O2. The molecule has 34 heavy (non-hydrogen) atoms. The van der Waals surface area contributed by atoms with Crippen molar-refractivity contribution >= 4 is 22.4 Å². The largest absolute Gasteiger partial charge is 0.372 e. The molecule has 1 unspecified atom stereocenters. The van der Waals surface area contributed by atoms with E-state index in [0.717, 1.165) is 16.3 Å². The first-order valence-electron chi connectivity index (χ1n) is 11.2. The van der Waals surface area contributed by atoms with Gasteiger partial charge >= 0.3 is 0 Å². The van der Waals surface area contributed by atoms with Crippen LogP contribution in [0.5, 0.6) is 0 Å². The minimum Gasteiger partial charge on any atom is -0.372 e. The van der Waals surface area contributed by atoms with Crippen molar-refractivity contribution in [3.05, 3.63) is 126 Å². The standard InChI is InChI=1S/C28H22N4O2/c33-27-28(34,23-15-14-21-10-4-5-11-22(21)16-23)25-12-6-7-13-26(25)32(27)19-24-18-31(30-29-24)17-20-8-2-1-3-9-20/h1-16,18,34H,17,19H2. The van der Waals surface area contributed by atoms with Crippen LogP contribution in [-0.2, 0) is 23.5 Å². The molecular weight excluding hydrogens is 424 g/mol. The summed E-state index contributed by atoms with van der Waals surface area (Å²) in [4.78, 5) is 15.3. The molecule has 4 aromatic carbocycles. The van der Waals surface area contributed by atoms with Crippen molar-refractivity contribution in [3.8, 4) is 0 Å². The molecule has 1 aromatic heterocycles. The van der Waals surface area contributed by atoms with Gasteiger partial charge in [-0.15, -0.1) is 5.10 Å². The smallest absolute Gasteiger partial charge is 0.268 e. The SMILES string of the molecule is O=C1N(Cc2cn(Cc3ccccc3)nn2)c2ccccc2C1(O)c1ccc2ccccc2c1. The highest BCUT2D eigenvalue weighted by Gasteiger charge is 2.51. The summed E-state index contributed by atoms with van der Waals surface area (Å²) in [5.41, 5.74) is 1.82. The minimum absolute atomic E-state index is 0.223. The maximum atomic E-state index is 13.7. The molecule has 166 valence electrons. The van der Waals surface area contributed by atoms with E-state index < -0.39 is 5.60 Å². The van der Waals surface area contributed by atoms with Gasteiger partial charge in [0, 0.05) is 5.56 Å². The van der Waals surface area contributed by atoms with Crippen molar-refractivity contribution in [2.24, 2.45) is 0 Å². The number of aromatic nitrogens is 3. The Kier molecular flexibility index (Phi) is 4.74. The summed E-state index contributed by atoms with van der Waals surface area (Å²) < 4.78 is 1.76. The molecule has 1 N–H and O–H groups in total. The number of carbonyl (C=O) groups is 1. The fourth-order valence-electron chi connectivity index (χ4n) is 4.71. The summed E-state index contributed by atoms with van der Waals surface area (Å²) >= 11 is 0. The lowest BCUT2D eigenvalue weighted by atomic mass is 9.86. The second-order valence-electron chi connectivity index (χ2n) is 8.57. The number of aliphatic hydroxyl groups is 1. The van der Waals surface area contributed by atoms with Gasteiger partial charge < -0.3 is 10.0 Å². The molecule has 6 rings (SSSR count). The molecule has 0 radical (unpaired) electrons. The molecule has 0 bridgehead atoms. The van der Waals surface area contributed by atoms with Gasteiger partial charge in [-0.05, 0) is 34.0 Å². The van der Waals surface area contributed by atoms with E-state index in [1.165, 1.54) is 0 Å². The van der Waals surface area contributed by atoms with Crippen LogP contribution in [0.2, 0.25) is 0 Å². The number of hydrogen-bond donors (Lipinski definition) is 1. The van der Waals surface area contributed by atoms with E-state index in [0.29, 0.717) is 29.1 Å². The zero-order valence-electron chi connectivity index (χ0n) is 18.4. The number of hydrogen-bond acceptors (Lipinski definition) is 4. The van der Waals surface area contributed by atoms with E-state index in [9.17, 15) is 9.90 Å². The third kappa shape index (κ3) is 3.27. The number of nitrogens with zero attached hydrogens (tertiary/aromatic N) is 4. The van der Waals surface area contributed by atoms with E-state index in [4.69, 9.17) is 0 Å². The Bertz CT molecular complexity index is 1510. The van der Waals surface area contributed by atoms with Gasteiger partial charge in [0.1, 0.15) is 5.69 Å². The van der Waals surface area contributed by atoms with Crippen LogP contribution < -0.4 is 4.90 Å². The van der Waals surface area contributed by atoms with Crippen LogP contribution >= 0.6 is 0 Å². The number of carbonyl (C=O) groups excluding carboxylic acids is 1. The van der Waals surface area contributed by atoms with E-state index in [1.54, 1.807) is 9.58 Å². The molecule has 0 fully saturated rings. The van der Waals surface area contributed by atoms with E-state index in [2.05, 4.69) is 10.3 Å². The van der Waals surface area contributed by atoms with Crippen molar-refractivity contribution in [3.63, 3.8) is 0 Å². The lowest BCUT2D eigenvalue weighted by molar-refractivity contribution is -0.132. The molecule has 6 nitrogen and oxygen atoms in total. The van der Waals surface area contributed by atoms with Crippen LogP contribution in [0.1, 0.15) is 22.4 Å². The van der Waals surface area contributed by atoms with Crippen molar-refractivity contribution in [1.82, 2.24) is 15.0 Å². The Morgan fingerprint density at radius 3 is 2.38 bits per heavy atom. The third-order valence-electron chi connectivity index (χ3n) is 6.40. The molecule has 0 aliphatic carbocycles. The first kappa shape index (κ1) is 20.3. The molecule has 1 atom stereocenters. The van der Waals surface area contributed by atoms with Crippen molar-refractivity contribution in [2.45, 2.75) is 18.7 Å². The first-order valence-corrected chi connectivity index (χ1v) is 11.2. The van der Waals surface area contributed by atoms with Crippen LogP contribution in [0.3, 0.4) is 0 Å². The van der Waals surface area contributed by atoms with Gasteiger partial charge in [0.15, 0.2) is 5.60 Å². The molecule has 0 spiro atoms. The zero-order chi connectivity index (χ0) is 23.1. The van der Waals surface area contributed by atoms with Gasteiger partial charge in [0.05, 0.1) is 25.0 Å². The fraction of sp³-hybridized carbons (Fsp3) is 0.107. The number of anilines is 1. The van der Waals surface area contributed by atoms with Crippen LogP contribution in [-0.4, -0.2) is 26.0 Å². The summed E-state index contributed by atoms with van der Waals surface area (Å²) in [5, 5.41) is 22.4. The van der Waals surface area contributed by atoms with Gasteiger partial charge in [-0.1, -0.05) is 90.1 Å². The van der Waals surface area contributed by atoms with Gasteiger partial charge in [-0.3, -0.25) is 4.79 Å². The summed E-state index contributed by atoms with van der Waals surface area (Å²) in [6.45, 7) is 0.819. The Labute approximate surface area is 196 Å². The predicted molar refractivity (Wildman–Crippen MR) is 130 cm³/mol. The minimum atomic E-state index is -1.76. The molecule has 1 aliphatic rings. The molecule has 0 saturated heterocycles. The van der Waals surface area contributed by atoms with Gasteiger partial charge in [0.2, 0.25) is 0 Å². The zero-order valence-corrected chi connectivity index (χ0v) is 18.4. The molecule has 5 aromatic rings. The highest BCUT2D eigenvalue weighted by molar-refractivity contribution is 6.09. The lowest BCUT2D eigenvalue weighted by Gasteiger charge is -2.24. The van der Waals surface area contributed by atoms with Crippen LogP contribution in [0.25, 0.3) is 10.8 Å². The maximum absolute atomic E-state index is 13.7. The van der Waals surface area contributed by atoms with E-state index in [-0.39, 0.29) is 12.5 Å². The summed E-state index contributed by atoms with van der Waals surface area (Å²) in [5.74, 6) is -0.387. The maximum Gasteiger partial charge on any atom is 0.268 e. The Balaban J connectivity index is 1.34. The predicted octanol–water partition coefficient (Wildman–Crippen LogP) is 4.26. The summed E-state index contributed by atoms with van der Waals surface area (Å²) in [6, 6.07) is 31.0. The number of para-hydroxylation sites is 1. The van der Waals surface area contributed by atoms with Crippen molar-refractivity contribution in [1.29, 1.82) is 0 Å². The first-order chi connectivity index (χ1) is 16.6. The molecule has 1 aliphatic heterocycles. The quantitative estimate of drug-likeness (QED) is 0.438. The highest BCUT2D eigenvalue weighted by Crippen LogP contribution is 2.45.